The van der Waals surface area contributed by atoms with Gasteiger partial charge in [0.1, 0.15) is 5.75 Å². The molecule has 1 nitrogen and oxygen atoms in total. The number of aromatic hydroxyl groups is 1. The molecular formula is C15H24O. The van der Waals surface area contributed by atoms with Crippen molar-refractivity contribution in [3.05, 3.63) is 29.8 Å². The van der Waals surface area contributed by atoms with E-state index in [9.17, 15) is 5.11 Å². The summed E-state index contributed by atoms with van der Waals surface area (Å²) < 4.78 is 0. The van der Waals surface area contributed by atoms with Gasteiger partial charge in [-0.05, 0) is 29.5 Å². The van der Waals surface area contributed by atoms with E-state index in [0.29, 0.717) is 17.6 Å². The minimum atomic E-state index is 0.380. The molecule has 1 aromatic rings. The molecule has 0 radical (unpaired) electrons. The van der Waals surface area contributed by atoms with Gasteiger partial charge >= 0.3 is 0 Å². The maximum Gasteiger partial charge on any atom is 0.115 e. The molecule has 0 aliphatic rings. The van der Waals surface area contributed by atoms with E-state index in [1.807, 2.05) is 12.1 Å². The van der Waals surface area contributed by atoms with Crippen LogP contribution in [-0.4, -0.2) is 5.11 Å². The van der Waals surface area contributed by atoms with Crippen LogP contribution in [0.5, 0.6) is 5.75 Å². The lowest BCUT2D eigenvalue weighted by Gasteiger charge is -2.20. The van der Waals surface area contributed by atoms with Gasteiger partial charge in [-0.3, -0.25) is 0 Å². The van der Waals surface area contributed by atoms with Gasteiger partial charge < -0.3 is 5.11 Å². The number of unbranched alkanes of at least 4 members (excludes halogenated alkanes) is 2. The minimum Gasteiger partial charge on any atom is -0.508 e. The molecule has 0 spiro atoms. The van der Waals surface area contributed by atoms with Gasteiger partial charge in [0.15, 0.2) is 0 Å². The molecule has 0 aliphatic heterocycles. The Hall–Kier alpha value is -0.980. The number of hydrogen-bond acceptors (Lipinski definition) is 1. The van der Waals surface area contributed by atoms with Gasteiger partial charge in [-0.25, -0.2) is 0 Å². The van der Waals surface area contributed by atoms with Crippen LogP contribution in [0.25, 0.3) is 0 Å². The molecule has 1 rings (SSSR count). The van der Waals surface area contributed by atoms with Crippen LogP contribution in [0, 0.1) is 5.92 Å². The van der Waals surface area contributed by atoms with Gasteiger partial charge in [0.25, 0.3) is 0 Å². The van der Waals surface area contributed by atoms with E-state index in [1.165, 1.54) is 31.2 Å². The van der Waals surface area contributed by atoms with Crippen LogP contribution in [-0.2, 0) is 0 Å². The summed E-state index contributed by atoms with van der Waals surface area (Å²) in [7, 11) is 0. The summed E-state index contributed by atoms with van der Waals surface area (Å²) in [4.78, 5) is 0. The standard InChI is InChI=1S/C15H24O/c1-4-5-6-8-12(2)13(3)14-9-7-10-15(16)11-14/h7,9-13,16H,4-6,8H2,1-3H3/t12-,13+/m1/s1. The van der Waals surface area contributed by atoms with E-state index in [1.54, 1.807) is 6.07 Å². The third-order valence-electron chi connectivity index (χ3n) is 3.51. The monoisotopic (exact) mass is 220 g/mol. The number of phenols is 1. The zero-order chi connectivity index (χ0) is 12.0. The molecule has 1 heteroatoms. The molecule has 2 atom stereocenters. The first kappa shape index (κ1) is 13.1. The van der Waals surface area contributed by atoms with Crippen molar-refractivity contribution in [3.63, 3.8) is 0 Å². The highest BCUT2D eigenvalue weighted by atomic mass is 16.3. The van der Waals surface area contributed by atoms with Crippen molar-refractivity contribution in [3.8, 4) is 5.75 Å². The van der Waals surface area contributed by atoms with E-state index < -0.39 is 0 Å². The van der Waals surface area contributed by atoms with E-state index in [2.05, 4.69) is 26.8 Å². The largest absolute Gasteiger partial charge is 0.508 e. The zero-order valence-electron chi connectivity index (χ0n) is 10.7. The second-order valence-electron chi connectivity index (χ2n) is 4.86. The Morgan fingerprint density at radius 1 is 1.19 bits per heavy atom. The Morgan fingerprint density at radius 3 is 2.56 bits per heavy atom. The van der Waals surface area contributed by atoms with Crippen LogP contribution in [0.1, 0.15) is 57.9 Å². The first-order valence-corrected chi connectivity index (χ1v) is 6.44. The number of phenolic OH excluding ortho intramolecular Hbond substituents is 1. The third kappa shape index (κ3) is 3.88. The summed E-state index contributed by atoms with van der Waals surface area (Å²) >= 11 is 0. The Morgan fingerprint density at radius 2 is 1.94 bits per heavy atom. The van der Waals surface area contributed by atoms with Crippen LogP contribution in [0.4, 0.5) is 0 Å². The molecule has 0 fully saturated rings. The Kier molecular flexibility index (Phi) is 5.37. The molecule has 0 amide bonds. The van der Waals surface area contributed by atoms with Crippen LogP contribution in [0.3, 0.4) is 0 Å². The predicted octanol–water partition coefficient (Wildman–Crippen LogP) is 4.71. The number of benzene rings is 1. The topological polar surface area (TPSA) is 20.2 Å². The lowest BCUT2D eigenvalue weighted by Crippen LogP contribution is -2.06. The average molecular weight is 220 g/mol. The second-order valence-corrected chi connectivity index (χ2v) is 4.86. The van der Waals surface area contributed by atoms with Gasteiger partial charge in [-0.1, -0.05) is 58.6 Å². The van der Waals surface area contributed by atoms with Crippen molar-refractivity contribution in [2.75, 3.05) is 0 Å². The van der Waals surface area contributed by atoms with E-state index >= 15 is 0 Å². The number of rotatable bonds is 6. The lowest BCUT2D eigenvalue weighted by atomic mass is 9.85. The first-order valence-electron chi connectivity index (χ1n) is 6.44. The van der Waals surface area contributed by atoms with Crippen molar-refractivity contribution in [2.24, 2.45) is 5.92 Å². The first-order chi connectivity index (χ1) is 7.65. The van der Waals surface area contributed by atoms with Crippen LogP contribution in [0.15, 0.2) is 24.3 Å². The SMILES string of the molecule is CCCCC[C@@H](C)[C@H](C)c1cccc(O)c1. The second kappa shape index (κ2) is 6.57. The van der Waals surface area contributed by atoms with E-state index in [-0.39, 0.29) is 0 Å². The molecule has 0 heterocycles. The molecule has 90 valence electrons. The van der Waals surface area contributed by atoms with Crippen molar-refractivity contribution < 1.29 is 5.11 Å². The molecule has 1 N–H and O–H groups in total. The number of hydrogen-bond donors (Lipinski definition) is 1. The molecule has 0 bridgehead atoms. The maximum atomic E-state index is 9.46. The van der Waals surface area contributed by atoms with Gasteiger partial charge in [-0.2, -0.15) is 0 Å². The molecule has 0 unspecified atom stereocenters. The molecule has 1 aromatic carbocycles. The fraction of sp³-hybridized carbons (Fsp3) is 0.600. The lowest BCUT2D eigenvalue weighted by molar-refractivity contribution is 0.427. The normalized spacial score (nSPS) is 14.7. The average Bonchev–Trinajstić information content (AvgIpc) is 2.28. The molecule has 16 heavy (non-hydrogen) atoms. The zero-order valence-corrected chi connectivity index (χ0v) is 10.7. The van der Waals surface area contributed by atoms with Crippen molar-refractivity contribution >= 4 is 0 Å². The molecule has 0 aliphatic carbocycles. The minimum absolute atomic E-state index is 0.380. The highest BCUT2D eigenvalue weighted by Gasteiger charge is 2.14. The predicted molar refractivity (Wildman–Crippen MR) is 69.8 cm³/mol. The quantitative estimate of drug-likeness (QED) is 0.688. The summed E-state index contributed by atoms with van der Waals surface area (Å²) in [5.41, 5.74) is 1.25. The summed E-state index contributed by atoms with van der Waals surface area (Å²) in [5.74, 6) is 1.60. The fourth-order valence-corrected chi connectivity index (χ4v) is 2.10. The summed E-state index contributed by atoms with van der Waals surface area (Å²) in [6.07, 6.45) is 5.22. The molecule has 0 saturated heterocycles. The van der Waals surface area contributed by atoms with Crippen molar-refractivity contribution in [2.45, 2.75) is 52.4 Å². The van der Waals surface area contributed by atoms with E-state index in [0.717, 1.165) is 0 Å². The fourth-order valence-electron chi connectivity index (χ4n) is 2.10. The van der Waals surface area contributed by atoms with Gasteiger partial charge in [-0.15, -0.1) is 0 Å². The van der Waals surface area contributed by atoms with Crippen LogP contribution in [0.2, 0.25) is 0 Å². The maximum absolute atomic E-state index is 9.46. The van der Waals surface area contributed by atoms with Crippen LogP contribution >= 0.6 is 0 Å². The summed E-state index contributed by atoms with van der Waals surface area (Å²) in [5, 5.41) is 9.46. The Balaban J connectivity index is 2.52. The molecule has 0 saturated carbocycles. The van der Waals surface area contributed by atoms with Crippen molar-refractivity contribution in [1.82, 2.24) is 0 Å². The van der Waals surface area contributed by atoms with Gasteiger partial charge in [0.05, 0.1) is 0 Å². The summed E-state index contributed by atoms with van der Waals surface area (Å²) in [6.45, 7) is 6.80. The van der Waals surface area contributed by atoms with Crippen molar-refractivity contribution in [1.29, 1.82) is 0 Å². The Bertz CT molecular complexity index is 306. The van der Waals surface area contributed by atoms with Gasteiger partial charge in [0.2, 0.25) is 0 Å². The smallest absolute Gasteiger partial charge is 0.115 e. The third-order valence-corrected chi connectivity index (χ3v) is 3.51. The Labute approximate surface area is 99.5 Å². The summed E-state index contributed by atoms with van der Waals surface area (Å²) in [6, 6.07) is 7.67. The highest BCUT2D eigenvalue weighted by Crippen LogP contribution is 2.29. The highest BCUT2D eigenvalue weighted by molar-refractivity contribution is 5.29. The molecule has 0 aromatic heterocycles. The van der Waals surface area contributed by atoms with Gasteiger partial charge in [0, 0.05) is 0 Å². The van der Waals surface area contributed by atoms with Crippen LogP contribution < -0.4 is 0 Å². The molecular weight excluding hydrogens is 196 g/mol. The van der Waals surface area contributed by atoms with E-state index in [4.69, 9.17) is 0 Å².